The predicted octanol–water partition coefficient (Wildman–Crippen LogP) is 4.04. The lowest BCUT2D eigenvalue weighted by atomic mass is 9.44. The van der Waals surface area contributed by atoms with Crippen LogP contribution in [-0.2, 0) is 23.7 Å². The van der Waals surface area contributed by atoms with Crippen molar-refractivity contribution < 1.29 is 44.1 Å². The van der Waals surface area contributed by atoms with Gasteiger partial charge in [-0.05, 0) is 101 Å². The van der Waals surface area contributed by atoms with E-state index in [9.17, 15) is 20.4 Å². The summed E-state index contributed by atoms with van der Waals surface area (Å²) in [6.07, 6.45) is 5.82. The van der Waals surface area contributed by atoms with E-state index in [1.807, 2.05) is 13.8 Å². The molecule has 4 aliphatic carbocycles. The Balaban J connectivity index is 1.08. The van der Waals surface area contributed by atoms with Crippen LogP contribution in [0.15, 0.2) is 11.8 Å². The molecule has 5 fully saturated rings. The first-order valence-electron chi connectivity index (χ1n) is 16.9. The minimum absolute atomic E-state index is 0.111. The quantitative estimate of drug-likeness (QED) is 0.353. The van der Waals surface area contributed by atoms with Crippen molar-refractivity contribution in [2.24, 2.45) is 34.5 Å². The maximum atomic E-state index is 12.3. The molecule has 0 aromatic carbocycles. The maximum absolute atomic E-state index is 12.3. The van der Waals surface area contributed by atoms with Crippen LogP contribution in [0.5, 0.6) is 0 Å². The third-order valence-electron chi connectivity index (χ3n) is 13.3. The Morgan fingerprint density at radius 1 is 0.930 bits per heavy atom. The molecular formula is C34H56O9. The van der Waals surface area contributed by atoms with Crippen LogP contribution in [0.4, 0.5) is 0 Å². The van der Waals surface area contributed by atoms with E-state index in [4.69, 9.17) is 23.7 Å². The van der Waals surface area contributed by atoms with Crippen molar-refractivity contribution in [1.29, 1.82) is 0 Å². The topological polar surface area (TPSA) is 127 Å². The van der Waals surface area contributed by atoms with Crippen molar-refractivity contribution in [3.8, 4) is 0 Å². The molecule has 2 heterocycles. The highest BCUT2D eigenvalue weighted by Crippen LogP contribution is 2.69. The Labute approximate surface area is 257 Å². The largest absolute Gasteiger partial charge is 0.470 e. The van der Waals surface area contributed by atoms with Gasteiger partial charge in [-0.3, -0.25) is 0 Å². The molecule has 246 valence electrons. The Bertz CT molecular complexity index is 1020. The monoisotopic (exact) mass is 608 g/mol. The molecule has 6 aliphatic rings. The molecule has 9 heteroatoms. The molecule has 0 radical (unpaired) electrons. The number of methoxy groups -OCH3 is 1. The third-order valence-corrected chi connectivity index (χ3v) is 13.3. The molecule has 6 rings (SSSR count). The second-order valence-corrected chi connectivity index (χ2v) is 15.4. The number of rotatable bonds is 6. The van der Waals surface area contributed by atoms with E-state index >= 15 is 0 Å². The van der Waals surface area contributed by atoms with Gasteiger partial charge in [0, 0.05) is 31.8 Å². The van der Waals surface area contributed by atoms with Crippen molar-refractivity contribution in [2.45, 2.75) is 160 Å². The predicted molar refractivity (Wildman–Crippen MR) is 158 cm³/mol. The zero-order chi connectivity index (χ0) is 30.9. The molecule has 2 saturated heterocycles. The first-order chi connectivity index (χ1) is 20.3. The normalized spacial score (nSPS) is 54.1. The molecule has 0 spiro atoms. The fourth-order valence-corrected chi connectivity index (χ4v) is 10.7. The molecule has 0 bridgehead atoms. The van der Waals surface area contributed by atoms with Gasteiger partial charge in [0.25, 0.3) is 0 Å². The van der Waals surface area contributed by atoms with Crippen molar-refractivity contribution in [1.82, 2.24) is 0 Å². The lowest BCUT2D eigenvalue weighted by Crippen LogP contribution is -2.62. The molecule has 3 saturated carbocycles. The van der Waals surface area contributed by atoms with Crippen LogP contribution in [0.1, 0.15) is 98.8 Å². The first kappa shape index (κ1) is 32.2. The summed E-state index contributed by atoms with van der Waals surface area (Å²) < 4.78 is 30.0. The van der Waals surface area contributed by atoms with Crippen LogP contribution >= 0.6 is 0 Å². The van der Waals surface area contributed by atoms with Crippen LogP contribution in [-0.4, -0.2) is 88.4 Å². The van der Waals surface area contributed by atoms with Crippen molar-refractivity contribution in [2.75, 3.05) is 7.11 Å². The lowest BCUT2D eigenvalue weighted by Gasteiger charge is -2.63. The minimum Gasteiger partial charge on any atom is -0.470 e. The molecule has 9 nitrogen and oxygen atoms in total. The van der Waals surface area contributed by atoms with E-state index in [1.165, 1.54) is 0 Å². The molecule has 16 atom stereocenters. The summed E-state index contributed by atoms with van der Waals surface area (Å²) in [5, 5.41) is 44.1. The van der Waals surface area contributed by atoms with Gasteiger partial charge in [-0.25, -0.2) is 0 Å². The summed E-state index contributed by atoms with van der Waals surface area (Å²) in [5.41, 5.74) is -0.798. The smallest absolute Gasteiger partial charge is 0.202 e. The first-order valence-corrected chi connectivity index (χ1v) is 16.9. The van der Waals surface area contributed by atoms with Crippen LogP contribution in [0, 0.1) is 34.5 Å². The SMILES string of the molecule is COC1CC(OC2C(O)CC(OC3=CC4CCC5C(CCC6(C)C(C(C)O)CCC56O)C4(C)CC3)OC2C)OC(C)C1O. The number of fused-ring (bicyclic) bond motifs is 5. The van der Waals surface area contributed by atoms with E-state index in [0.29, 0.717) is 24.7 Å². The van der Waals surface area contributed by atoms with E-state index in [0.717, 1.165) is 57.1 Å². The number of aliphatic hydroxyl groups excluding tert-OH is 3. The van der Waals surface area contributed by atoms with Crippen LogP contribution in [0.2, 0.25) is 0 Å². The van der Waals surface area contributed by atoms with Gasteiger partial charge in [0.15, 0.2) is 6.29 Å². The van der Waals surface area contributed by atoms with Gasteiger partial charge >= 0.3 is 0 Å². The van der Waals surface area contributed by atoms with Crippen LogP contribution in [0.25, 0.3) is 0 Å². The number of aliphatic hydroxyl groups is 4. The minimum atomic E-state index is -0.778. The summed E-state index contributed by atoms with van der Waals surface area (Å²) in [7, 11) is 1.57. The van der Waals surface area contributed by atoms with Gasteiger partial charge in [-0.15, -0.1) is 0 Å². The van der Waals surface area contributed by atoms with Gasteiger partial charge in [-0.2, -0.15) is 0 Å². The maximum Gasteiger partial charge on any atom is 0.202 e. The Morgan fingerprint density at radius 3 is 2.37 bits per heavy atom. The fraction of sp³-hybridized carbons (Fsp3) is 0.941. The number of hydrogen-bond acceptors (Lipinski definition) is 9. The van der Waals surface area contributed by atoms with Crippen molar-refractivity contribution in [3.63, 3.8) is 0 Å². The summed E-state index contributed by atoms with van der Waals surface area (Å²) in [4.78, 5) is 0. The molecule has 43 heavy (non-hydrogen) atoms. The second kappa shape index (κ2) is 11.8. The summed E-state index contributed by atoms with van der Waals surface area (Å²) in [5.74, 6) is 2.24. The Hall–Kier alpha value is -0.780. The zero-order valence-corrected chi connectivity index (χ0v) is 27.0. The average molecular weight is 609 g/mol. The number of hydrogen-bond donors (Lipinski definition) is 4. The second-order valence-electron chi connectivity index (χ2n) is 15.4. The highest BCUT2D eigenvalue weighted by atomic mass is 16.7. The Morgan fingerprint density at radius 2 is 1.67 bits per heavy atom. The van der Waals surface area contributed by atoms with Crippen molar-refractivity contribution >= 4 is 0 Å². The highest BCUT2D eigenvalue weighted by molar-refractivity contribution is 5.20. The molecule has 4 N–H and O–H groups in total. The van der Waals surface area contributed by atoms with Gasteiger partial charge in [0.05, 0.1) is 41.9 Å². The van der Waals surface area contributed by atoms with Crippen LogP contribution in [0.3, 0.4) is 0 Å². The molecule has 0 amide bonds. The molecule has 2 aliphatic heterocycles. The molecule has 16 unspecified atom stereocenters. The van der Waals surface area contributed by atoms with Gasteiger partial charge in [0.1, 0.15) is 12.2 Å². The van der Waals surface area contributed by atoms with E-state index in [2.05, 4.69) is 19.9 Å². The van der Waals surface area contributed by atoms with E-state index < -0.39 is 48.7 Å². The lowest BCUT2D eigenvalue weighted by molar-refractivity contribution is -0.309. The van der Waals surface area contributed by atoms with Crippen molar-refractivity contribution in [3.05, 3.63) is 11.8 Å². The average Bonchev–Trinajstić information content (AvgIpc) is 3.24. The van der Waals surface area contributed by atoms with E-state index in [1.54, 1.807) is 14.0 Å². The van der Waals surface area contributed by atoms with Gasteiger partial charge in [0.2, 0.25) is 6.29 Å². The van der Waals surface area contributed by atoms with Gasteiger partial charge in [-0.1, -0.05) is 13.8 Å². The summed E-state index contributed by atoms with van der Waals surface area (Å²) >= 11 is 0. The fourth-order valence-electron chi connectivity index (χ4n) is 10.7. The molecule has 0 aromatic rings. The highest BCUT2D eigenvalue weighted by Gasteiger charge is 2.67. The number of ether oxygens (including phenoxy) is 5. The zero-order valence-electron chi connectivity index (χ0n) is 27.0. The summed E-state index contributed by atoms with van der Waals surface area (Å²) in [6, 6.07) is 0. The third kappa shape index (κ3) is 5.32. The number of allylic oxidation sites excluding steroid dienone is 2. The van der Waals surface area contributed by atoms with Crippen LogP contribution < -0.4 is 0 Å². The molecular weight excluding hydrogens is 552 g/mol. The van der Waals surface area contributed by atoms with E-state index in [-0.39, 0.29) is 34.9 Å². The summed E-state index contributed by atoms with van der Waals surface area (Å²) in [6.45, 7) is 10.3. The molecule has 0 aromatic heterocycles. The Kier molecular flexibility index (Phi) is 8.82. The van der Waals surface area contributed by atoms with Gasteiger partial charge < -0.3 is 44.1 Å². The standard InChI is InChI=1S/C34H56O9/c1-18(35)23-11-14-34(38)25-8-7-21-15-22(9-12-32(21,4)24(25)10-13-33(23,34)5)42-28-16-26(36)31(20(3)41-28)43-29-17-27(39-6)30(37)19(2)40-29/h15,18-21,23-31,35-38H,7-14,16-17H2,1-6H3.